The Morgan fingerprint density at radius 1 is 0.352 bits per heavy atom. The fourth-order valence-electron chi connectivity index (χ4n) is 7.16. The lowest BCUT2D eigenvalue weighted by molar-refractivity contribution is -0.167. The minimum Gasteiger partial charge on any atom is -0.462 e. The minimum atomic E-state index is -0.758. The summed E-state index contributed by atoms with van der Waals surface area (Å²) in [5, 5.41) is 0. The first-order chi connectivity index (χ1) is 26.4. The van der Waals surface area contributed by atoms with Crippen molar-refractivity contribution < 1.29 is 28.6 Å². The topological polar surface area (TPSA) is 78.9 Å². The summed E-state index contributed by atoms with van der Waals surface area (Å²) in [4.78, 5) is 37.6. The van der Waals surface area contributed by atoms with Crippen LogP contribution < -0.4 is 0 Å². The van der Waals surface area contributed by atoms with Gasteiger partial charge in [0.05, 0.1) is 0 Å². The third-order valence-corrected chi connectivity index (χ3v) is 10.8. The van der Waals surface area contributed by atoms with Gasteiger partial charge in [-0.2, -0.15) is 0 Å². The standard InChI is InChI=1S/C48H92O6/c1-5-7-9-11-13-14-15-21-25-29-33-37-41-48(51)54-45(42-52-46(49)39-35-31-26-12-10-8-6-2)43-53-47(50)40-36-32-28-24-22-19-17-16-18-20-23-27-30-34-38-44(3)4/h44-45H,5-43H2,1-4H3/t45-/m1/s1. The van der Waals surface area contributed by atoms with Crippen molar-refractivity contribution in [2.24, 2.45) is 5.92 Å². The molecule has 6 heteroatoms. The van der Waals surface area contributed by atoms with Gasteiger partial charge in [-0.1, -0.05) is 227 Å². The minimum absolute atomic E-state index is 0.0636. The van der Waals surface area contributed by atoms with Gasteiger partial charge < -0.3 is 14.2 Å². The van der Waals surface area contributed by atoms with Crippen LogP contribution in [0, 0.1) is 5.92 Å². The molecule has 0 N–H and O–H groups in total. The van der Waals surface area contributed by atoms with Gasteiger partial charge in [0, 0.05) is 19.3 Å². The lowest BCUT2D eigenvalue weighted by atomic mass is 10.0. The molecule has 0 aliphatic carbocycles. The first kappa shape index (κ1) is 52.4. The summed E-state index contributed by atoms with van der Waals surface area (Å²) in [5.74, 6) is -0.0120. The Hall–Kier alpha value is -1.59. The van der Waals surface area contributed by atoms with E-state index in [0.717, 1.165) is 63.7 Å². The van der Waals surface area contributed by atoms with Crippen LogP contribution in [0.5, 0.6) is 0 Å². The Balaban J connectivity index is 4.21. The molecule has 320 valence electrons. The number of esters is 3. The second kappa shape index (κ2) is 42.6. The van der Waals surface area contributed by atoms with Crippen molar-refractivity contribution in [1.29, 1.82) is 0 Å². The fraction of sp³-hybridized carbons (Fsp3) is 0.938. The molecule has 0 saturated heterocycles. The van der Waals surface area contributed by atoms with Crippen LogP contribution in [0.3, 0.4) is 0 Å². The maximum atomic E-state index is 12.7. The molecule has 0 spiro atoms. The highest BCUT2D eigenvalue weighted by Crippen LogP contribution is 2.16. The summed E-state index contributed by atoms with van der Waals surface area (Å²) in [7, 11) is 0. The molecule has 0 amide bonds. The first-order valence-electron chi connectivity index (χ1n) is 23.9. The molecular weight excluding hydrogens is 673 g/mol. The molecule has 0 aromatic heterocycles. The molecule has 54 heavy (non-hydrogen) atoms. The van der Waals surface area contributed by atoms with Crippen molar-refractivity contribution >= 4 is 17.9 Å². The maximum Gasteiger partial charge on any atom is 0.306 e. The summed E-state index contributed by atoms with van der Waals surface area (Å²) in [5.41, 5.74) is 0. The number of hydrogen-bond donors (Lipinski definition) is 0. The molecule has 0 aromatic rings. The summed E-state index contributed by atoms with van der Waals surface area (Å²) >= 11 is 0. The van der Waals surface area contributed by atoms with Crippen LogP contribution in [0.25, 0.3) is 0 Å². The Morgan fingerprint density at radius 3 is 0.907 bits per heavy atom. The van der Waals surface area contributed by atoms with E-state index in [4.69, 9.17) is 14.2 Å². The largest absolute Gasteiger partial charge is 0.462 e. The van der Waals surface area contributed by atoms with Gasteiger partial charge in [0.1, 0.15) is 13.2 Å². The second-order valence-electron chi connectivity index (χ2n) is 16.9. The van der Waals surface area contributed by atoms with E-state index in [1.807, 2.05) is 0 Å². The summed E-state index contributed by atoms with van der Waals surface area (Å²) in [6.07, 6.45) is 42.4. The first-order valence-corrected chi connectivity index (χ1v) is 23.9. The molecule has 1 atom stereocenters. The zero-order valence-corrected chi connectivity index (χ0v) is 36.7. The van der Waals surface area contributed by atoms with E-state index in [2.05, 4.69) is 27.7 Å². The number of carbonyl (C=O) groups is 3. The molecule has 0 aliphatic heterocycles. The highest BCUT2D eigenvalue weighted by atomic mass is 16.6. The summed E-state index contributed by atoms with van der Waals surface area (Å²) in [6, 6.07) is 0. The van der Waals surface area contributed by atoms with Crippen LogP contribution in [0.1, 0.15) is 265 Å². The Morgan fingerprint density at radius 2 is 0.611 bits per heavy atom. The maximum absolute atomic E-state index is 12.7. The molecule has 6 nitrogen and oxygen atoms in total. The molecule has 0 fully saturated rings. The number of carbonyl (C=O) groups excluding carboxylic acids is 3. The van der Waals surface area contributed by atoms with Gasteiger partial charge in [0.2, 0.25) is 0 Å². The molecule has 0 bridgehead atoms. The van der Waals surface area contributed by atoms with E-state index in [-0.39, 0.29) is 31.1 Å². The average molecular weight is 765 g/mol. The van der Waals surface area contributed by atoms with Gasteiger partial charge in [-0.15, -0.1) is 0 Å². The van der Waals surface area contributed by atoms with Crippen LogP contribution >= 0.6 is 0 Å². The Bertz CT molecular complexity index is 811. The zero-order chi connectivity index (χ0) is 39.6. The SMILES string of the molecule is CCCCCCCCCCCCCCC(=O)O[C@H](COC(=O)CCCCCCCCC)COC(=O)CCCCCCCCCCCCCCCCC(C)C. The molecule has 0 aromatic carbocycles. The Kier molecular flexibility index (Phi) is 41.3. The van der Waals surface area contributed by atoms with E-state index in [0.29, 0.717) is 19.3 Å². The smallest absolute Gasteiger partial charge is 0.306 e. The zero-order valence-electron chi connectivity index (χ0n) is 36.7. The molecule has 0 saturated carbocycles. The lowest BCUT2D eigenvalue weighted by Crippen LogP contribution is -2.30. The van der Waals surface area contributed by atoms with Crippen LogP contribution in [0.2, 0.25) is 0 Å². The molecule has 0 aliphatic rings. The van der Waals surface area contributed by atoms with Gasteiger partial charge in [0.15, 0.2) is 6.10 Å². The highest BCUT2D eigenvalue weighted by molar-refractivity contribution is 5.71. The van der Waals surface area contributed by atoms with Gasteiger partial charge in [0.25, 0.3) is 0 Å². The van der Waals surface area contributed by atoms with Crippen molar-refractivity contribution in [3.63, 3.8) is 0 Å². The monoisotopic (exact) mass is 765 g/mol. The van der Waals surface area contributed by atoms with Gasteiger partial charge in [-0.25, -0.2) is 0 Å². The third kappa shape index (κ3) is 41.6. The highest BCUT2D eigenvalue weighted by Gasteiger charge is 2.19. The molecular formula is C48H92O6. The summed E-state index contributed by atoms with van der Waals surface area (Å²) < 4.78 is 16.7. The predicted octanol–water partition coefficient (Wildman–Crippen LogP) is 15.1. The average Bonchev–Trinajstić information content (AvgIpc) is 3.15. The van der Waals surface area contributed by atoms with Gasteiger partial charge in [-0.3, -0.25) is 14.4 Å². The fourth-order valence-corrected chi connectivity index (χ4v) is 7.16. The number of hydrogen-bond acceptors (Lipinski definition) is 6. The normalized spacial score (nSPS) is 11.9. The van der Waals surface area contributed by atoms with Crippen LogP contribution in [0.15, 0.2) is 0 Å². The summed E-state index contributed by atoms with van der Waals surface area (Å²) in [6.45, 7) is 8.98. The van der Waals surface area contributed by atoms with Crippen molar-refractivity contribution in [3.05, 3.63) is 0 Å². The van der Waals surface area contributed by atoms with Crippen molar-refractivity contribution in [3.8, 4) is 0 Å². The van der Waals surface area contributed by atoms with E-state index >= 15 is 0 Å². The second-order valence-corrected chi connectivity index (χ2v) is 16.9. The number of unbranched alkanes of at least 4 members (excludes halogenated alkanes) is 30. The number of ether oxygens (including phenoxy) is 3. The van der Waals surface area contributed by atoms with E-state index in [9.17, 15) is 14.4 Å². The number of rotatable bonds is 43. The van der Waals surface area contributed by atoms with Crippen LogP contribution in [0.4, 0.5) is 0 Å². The van der Waals surface area contributed by atoms with E-state index < -0.39 is 6.10 Å². The van der Waals surface area contributed by atoms with Crippen molar-refractivity contribution in [2.75, 3.05) is 13.2 Å². The van der Waals surface area contributed by atoms with Crippen LogP contribution in [-0.4, -0.2) is 37.2 Å². The van der Waals surface area contributed by atoms with Crippen molar-refractivity contribution in [2.45, 2.75) is 271 Å². The lowest BCUT2D eigenvalue weighted by Gasteiger charge is -2.18. The van der Waals surface area contributed by atoms with Gasteiger partial charge in [-0.05, 0) is 25.2 Å². The molecule has 0 radical (unpaired) electrons. The van der Waals surface area contributed by atoms with E-state index in [1.54, 1.807) is 0 Å². The van der Waals surface area contributed by atoms with E-state index in [1.165, 1.54) is 161 Å². The third-order valence-electron chi connectivity index (χ3n) is 10.8. The predicted molar refractivity (Wildman–Crippen MR) is 229 cm³/mol. The Labute approximate surface area is 336 Å². The van der Waals surface area contributed by atoms with Gasteiger partial charge >= 0.3 is 17.9 Å². The molecule has 0 rings (SSSR count). The quantitative estimate of drug-likeness (QED) is 0.0349. The van der Waals surface area contributed by atoms with Crippen LogP contribution in [-0.2, 0) is 28.6 Å². The van der Waals surface area contributed by atoms with Crippen molar-refractivity contribution in [1.82, 2.24) is 0 Å². The molecule has 0 unspecified atom stereocenters. The molecule has 0 heterocycles.